The van der Waals surface area contributed by atoms with E-state index in [0.29, 0.717) is 17.8 Å². The first-order valence-electron chi connectivity index (χ1n) is 10.3. The molecule has 0 fully saturated rings. The molecule has 0 bridgehead atoms. The summed E-state index contributed by atoms with van der Waals surface area (Å²) >= 11 is 0. The summed E-state index contributed by atoms with van der Waals surface area (Å²) in [6.07, 6.45) is 4.61. The van der Waals surface area contributed by atoms with Crippen LogP contribution >= 0.6 is 0 Å². The molecule has 0 spiro atoms. The first-order valence-corrected chi connectivity index (χ1v) is 10.3. The maximum atomic E-state index is 13.1. The number of aromatic nitrogens is 1. The van der Waals surface area contributed by atoms with Crippen molar-refractivity contribution in [1.29, 1.82) is 0 Å². The minimum Gasteiger partial charge on any atom is -0.377 e. The molecule has 0 aliphatic carbocycles. The number of benzene rings is 2. The maximum absolute atomic E-state index is 13.1. The molecule has 30 heavy (non-hydrogen) atoms. The largest absolute Gasteiger partial charge is 0.377 e. The molecule has 6 heteroatoms. The normalized spacial score (nSPS) is 10.6. The Morgan fingerprint density at radius 2 is 1.70 bits per heavy atom. The molecule has 1 heterocycles. The van der Waals surface area contributed by atoms with Crippen LogP contribution in [0.3, 0.4) is 0 Å². The first-order chi connectivity index (χ1) is 14.5. The van der Waals surface area contributed by atoms with Gasteiger partial charge < -0.3 is 15.5 Å². The second kappa shape index (κ2) is 9.87. The van der Waals surface area contributed by atoms with Gasteiger partial charge in [0.2, 0.25) is 0 Å². The number of pyridine rings is 1. The quantitative estimate of drug-likeness (QED) is 0.543. The Balaban J connectivity index is 1.86. The van der Waals surface area contributed by atoms with Crippen LogP contribution in [0.1, 0.15) is 47.0 Å². The van der Waals surface area contributed by atoms with E-state index in [1.807, 2.05) is 55.4 Å². The van der Waals surface area contributed by atoms with E-state index in [2.05, 4.69) is 22.5 Å². The van der Waals surface area contributed by atoms with Crippen LogP contribution in [0.5, 0.6) is 0 Å². The van der Waals surface area contributed by atoms with Gasteiger partial charge in [-0.05, 0) is 36.1 Å². The van der Waals surface area contributed by atoms with E-state index in [4.69, 9.17) is 0 Å². The summed E-state index contributed by atoms with van der Waals surface area (Å²) in [6, 6.07) is 15.0. The highest BCUT2D eigenvalue weighted by atomic mass is 16.2. The zero-order valence-corrected chi connectivity index (χ0v) is 17.7. The molecule has 0 atom stereocenters. The third-order valence-electron chi connectivity index (χ3n) is 4.96. The van der Waals surface area contributed by atoms with E-state index in [9.17, 15) is 9.59 Å². The van der Waals surface area contributed by atoms with Crippen molar-refractivity contribution in [2.24, 2.45) is 0 Å². The lowest BCUT2D eigenvalue weighted by atomic mass is 10.0. The summed E-state index contributed by atoms with van der Waals surface area (Å²) in [4.78, 5) is 31.9. The van der Waals surface area contributed by atoms with Crippen LogP contribution in [0.2, 0.25) is 0 Å². The van der Waals surface area contributed by atoms with Gasteiger partial charge in [0.25, 0.3) is 11.8 Å². The van der Waals surface area contributed by atoms with Crippen molar-refractivity contribution in [3.8, 4) is 0 Å². The number of nitrogens with one attached hydrogen (secondary N) is 2. The van der Waals surface area contributed by atoms with Gasteiger partial charge in [0, 0.05) is 43.5 Å². The van der Waals surface area contributed by atoms with Crippen molar-refractivity contribution in [3.63, 3.8) is 0 Å². The summed E-state index contributed by atoms with van der Waals surface area (Å²) in [5.41, 5.74) is 2.21. The fraction of sp³-hybridized carbons (Fsp3) is 0.292. The van der Waals surface area contributed by atoms with Crippen molar-refractivity contribution in [3.05, 3.63) is 66.0 Å². The van der Waals surface area contributed by atoms with Crippen LogP contribution in [0.4, 0.5) is 11.4 Å². The number of amides is 2. The molecule has 0 saturated carbocycles. The molecule has 3 aromatic rings. The second-order valence-corrected chi connectivity index (χ2v) is 7.39. The SMILES string of the molecule is CCCCCNC(=O)c1ncccc1NC(=O)c1ccc(N(C)C)c2ccccc12. The van der Waals surface area contributed by atoms with E-state index < -0.39 is 0 Å². The van der Waals surface area contributed by atoms with Crippen molar-refractivity contribution >= 4 is 34.0 Å². The predicted octanol–water partition coefficient (Wildman–Crippen LogP) is 4.47. The van der Waals surface area contributed by atoms with Gasteiger partial charge in [0.1, 0.15) is 0 Å². The number of anilines is 2. The van der Waals surface area contributed by atoms with Crippen LogP contribution in [0.25, 0.3) is 10.8 Å². The molecular formula is C24H28N4O2. The van der Waals surface area contributed by atoms with Crippen molar-refractivity contribution in [2.45, 2.75) is 26.2 Å². The highest BCUT2D eigenvalue weighted by Gasteiger charge is 2.17. The molecule has 0 radical (unpaired) electrons. The average Bonchev–Trinajstić information content (AvgIpc) is 2.76. The van der Waals surface area contributed by atoms with Gasteiger partial charge in [-0.25, -0.2) is 4.98 Å². The molecule has 1 aromatic heterocycles. The minimum atomic E-state index is -0.283. The number of carbonyl (C=O) groups excluding carboxylic acids is 2. The Labute approximate surface area is 177 Å². The molecule has 2 amide bonds. The van der Waals surface area contributed by atoms with Gasteiger partial charge in [0.15, 0.2) is 5.69 Å². The van der Waals surface area contributed by atoms with Crippen molar-refractivity contribution in [2.75, 3.05) is 30.9 Å². The third-order valence-corrected chi connectivity index (χ3v) is 4.96. The Kier molecular flexibility index (Phi) is 7.01. The van der Waals surface area contributed by atoms with E-state index in [1.54, 1.807) is 18.3 Å². The monoisotopic (exact) mass is 404 g/mol. The summed E-state index contributed by atoms with van der Waals surface area (Å²) in [5.74, 6) is -0.556. The van der Waals surface area contributed by atoms with Crippen LogP contribution in [-0.2, 0) is 0 Å². The maximum Gasteiger partial charge on any atom is 0.272 e. The molecule has 2 N–H and O–H groups in total. The van der Waals surface area contributed by atoms with Gasteiger partial charge in [-0.1, -0.05) is 44.0 Å². The topological polar surface area (TPSA) is 74.3 Å². The zero-order chi connectivity index (χ0) is 21.5. The molecule has 0 aliphatic rings. The van der Waals surface area contributed by atoms with Crippen molar-refractivity contribution in [1.82, 2.24) is 10.3 Å². The summed E-state index contributed by atoms with van der Waals surface area (Å²) in [7, 11) is 3.95. The van der Waals surface area contributed by atoms with Gasteiger partial charge in [0.05, 0.1) is 5.69 Å². The third kappa shape index (κ3) is 4.76. The average molecular weight is 405 g/mol. The number of nitrogens with zero attached hydrogens (tertiary/aromatic N) is 2. The first kappa shape index (κ1) is 21.3. The minimum absolute atomic E-state index is 0.219. The molecule has 3 rings (SSSR count). The molecule has 6 nitrogen and oxygen atoms in total. The van der Waals surface area contributed by atoms with Crippen LogP contribution < -0.4 is 15.5 Å². The number of hydrogen-bond acceptors (Lipinski definition) is 4. The Bertz CT molecular complexity index is 1050. The van der Waals surface area contributed by atoms with Crippen LogP contribution in [0.15, 0.2) is 54.7 Å². The lowest BCUT2D eigenvalue weighted by Crippen LogP contribution is -2.27. The predicted molar refractivity (Wildman–Crippen MR) is 122 cm³/mol. The van der Waals surface area contributed by atoms with Gasteiger partial charge in [-0.2, -0.15) is 0 Å². The Hall–Kier alpha value is -3.41. The summed E-state index contributed by atoms with van der Waals surface area (Å²) < 4.78 is 0. The number of fused-ring (bicyclic) bond motifs is 1. The number of rotatable bonds is 8. The molecule has 0 unspecified atom stereocenters. The number of hydrogen-bond donors (Lipinski definition) is 2. The van der Waals surface area contributed by atoms with Gasteiger partial charge >= 0.3 is 0 Å². The lowest BCUT2D eigenvalue weighted by molar-refractivity contribution is 0.0949. The lowest BCUT2D eigenvalue weighted by Gasteiger charge is -2.17. The highest BCUT2D eigenvalue weighted by Crippen LogP contribution is 2.29. The summed E-state index contributed by atoms with van der Waals surface area (Å²) in [6.45, 7) is 2.70. The molecule has 2 aromatic carbocycles. The van der Waals surface area contributed by atoms with E-state index >= 15 is 0 Å². The molecular weight excluding hydrogens is 376 g/mol. The number of carbonyl (C=O) groups is 2. The highest BCUT2D eigenvalue weighted by molar-refractivity contribution is 6.16. The molecule has 0 aliphatic heterocycles. The zero-order valence-electron chi connectivity index (χ0n) is 17.7. The summed E-state index contributed by atoms with van der Waals surface area (Å²) in [5, 5.41) is 7.61. The van der Waals surface area contributed by atoms with Crippen LogP contribution in [-0.4, -0.2) is 37.4 Å². The van der Waals surface area contributed by atoms with E-state index in [0.717, 1.165) is 35.7 Å². The van der Waals surface area contributed by atoms with Gasteiger partial charge in [-0.3, -0.25) is 9.59 Å². The van der Waals surface area contributed by atoms with E-state index in [1.165, 1.54) is 0 Å². The van der Waals surface area contributed by atoms with E-state index in [-0.39, 0.29) is 17.5 Å². The van der Waals surface area contributed by atoms with Crippen molar-refractivity contribution < 1.29 is 9.59 Å². The smallest absolute Gasteiger partial charge is 0.272 e. The number of unbranched alkanes of at least 4 members (excludes halogenated alkanes) is 2. The molecule has 0 saturated heterocycles. The van der Waals surface area contributed by atoms with Crippen LogP contribution in [0, 0.1) is 0 Å². The van der Waals surface area contributed by atoms with Gasteiger partial charge in [-0.15, -0.1) is 0 Å². The Morgan fingerprint density at radius 3 is 2.43 bits per heavy atom. The Morgan fingerprint density at radius 1 is 0.933 bits per heavy atom. The second-order valence-electron chi connectivity index (χ2n) is 7.39. The standard InChI is InChI=1S/C24H28N4O2/c1-4-5-8-15-26-24(30)22-20(12-9-16-25-22)27-23(29)19-13-14-21(28(2)3)18-11-7-6-10-17(18)19/h6-7,9-14,16H,4-5,8,15H2,1-3H3,(H,26,30)(H,27,29). The fourth-order valence-corrected chi connectivity index (χ4v) is 3.41. The molecule has 156 valence electrons. The fourth-order valence-electron chi connectivity index (χ4n) is 3.41.